The molecule has 0 aliphatic heterocycles. The maximum Gasteiger partial charge on any atom is 0.334 e. The third-order valence-corrected chi connectivity index (χ3v) is 3.60. The van der Waals surface area contributed by atoms with E-state index in [0.717, 1.165) is 11.1 Å². The van der Waals surface area contributed by atoms with Crippen LogP contribution in [0.15, 0.2) is 40.4 Å². The quantitative estimate of drug-likeness (QED) is 0.553. The Morgan fingerprint density at radius 3 is 2.38 bits per heavy atom. The van der Waals surface area contributed by atoms with E-state index in [1.807, 2.05) is 31.2 Å². The minimum absolute atomic E-state index is 0.0115. The van der Waals surface area contributed by atoms with Crippen LogP contribution in [0.4, 0.5) is 0 Å². The Labute approximate surface area is 154 Å². The average molecular weight is 355 g/mol. The van der Waals surface area contributed by atoms with Crippen LogP contribution < -0.4 is 0 Å². The predicted molar refractivity (Wildman–Crippen MR) is 100 cm³/mol. The van der Waals surface area contributed by atoms with Crippen LogP contribution in [0.3, 0.4) is 0 Å². The highest BCUT2D eigenvalue weighted by molar-refractivity contribution is 5.94. The molecule has 1 aromatic carbocycles. The van der Waals surface area contributed by atoms with Crippen molar-refractivity contribution in [2.24, 2.45) is 0 Å². The van der Waals surface area contributed by atoms with Gasteiger partial charge in [-0.05, 0) is 47.1 Å². The predicted octanol–water partition coefficient (Wildman–Crippen LogP) is 4.74. The van der Waals surface area contributed by atoms with E-state index < -0.39 is 11.6 Å². The summed E-state index contributed by atoms with van der Waals surface area (Å²) in [5.74, 6) is 0.00870. The Bertz CT molecular complexity index is 807. The third kappa shape index (κ3) is 5.99. The number of rotatable bonds is 6. The van der Waals surface area contributed by atoms with E-state index in [1.165, 1.54) is 6.92 Å². The molecule has 0 amide bonds. The molecule has 0 saturated heterocycles. The number of hydrogen-bond acceptors (Lipinski definition) is 5. The lowest BCUT2D eigenvalue weighted by molar-refractivity contribution is -0.149. The van der Waals surface area contributed by atoms with Gasteiger partial charge >= 0.3 is 5.97 Å². The number of aromatic nitrogens is 1. The maximum absolute atomic E-state index is 12.4. The van der Waals surface area contributed by atoms with Gasteiger partial charge in [-0.2, -0.15) is 0 Å². The third-order valence-electron chi connectivity index (χ3n) is 3.60. The monoisotopic (exact) mass is 355 g/mol. The Balaban J connectivity index is 2.26. The molecule has 0 spiro atoms. The first-order chi connectivity index (χ1) is 12.1. The van der Waals surface area contributed by atoms with E-state index in [0.29, 0.717) is 23.4 Å². The number of carbonyl (C=O) groups excluding carboxylic acids is 2. The second kappa shape index (κ2) is 8.13. The number of ether oxygens (including phenoxy) is 1. The van der Waals surface area contributed by atoms with Gasteiger partial charge in [-0.25, -0.2) is 4.79 Å². The zero-order valence-electron chi connectivity index (χ0n) is 16.0. The van der Waals surface area contributed by atoms with Crippen molar-refractivity contribution in [3.8, 4) is 11.3 Å². The van der Waals surface area contributed by atoms with Gasteiger partial charge in [-0.3, -0.25) is 0 Å². The second-order valence-electron chi connectivity index (χ2n) is 7.35. The summed E-state index contributed by atoms with van der Waals surface area (Å²) in [6, 6.07) is 9.69. The van der Waals surface area contributed by atoms with Gasteiger partial charge in [-0.15, -0.1) is 0 Å². The standard InChI is InChI=1S/C21H25NO4/c1-14-6-9-16(10-7-14)19-13-18(26-22-19)12-17(11-8-15(2)23)20(24)25-21(3,4)5/h6-7,9-10,12-13H,8,11H2,1-5H3/b17-12+. The molecule has 0 saturated carbocycles. The summed E-state index contributed by atoms with van der Waals surface area (Å²) in [5.41, 5.74) is 2.56. The fourth-order valence-electron chi connectivity index (χ4n) is 2.28. The summed E-state index contributed by atoms with van der Waals surface area (Å²) >= 11 is 0. The zero-order chi connectivity index (χ0) is 19.3. The summed E-state index contributed by atoms with van der Waals surface area (Å²) in [5, 5.41) is 4.06. The van der Waals surface area contributed by atoms with Crippen LogP contribution in [0.5, 0.6) is 0 Å². The molecule has 26 heavy (non-hydrogen) atoms. The van der Waals surface area contributed by atoms with Crippen LogP contribution in [0.1, 0.15) is 51.9 Å². The van der Waals surface area contributed by atoms with Gasteiger partial charge in [0.15, 0.2) is 5.76 Å². The molecule has 5 nitrogen and oxygen atoms in total. The molecule has 2 aromatic rings. The molecule has 5 heteroatoms. The molecule has 0 atom stereocenters. The maximum atomic E-state index is 12.4. The molecule has 0 aliphatic carbocycles. The highest BCUT2D eigenvalue weighted by atomic mass is 16.6. The van der Waals surface area contributed by atoms with Crippen molar-refractivity contribution in [2.45, 2.75) is 53.1 Å². The van der Waals surface area contributed by atoms with Gasteiger partial charge in [0, 0.05) is 23.6 Å². The first-order valence-corrected chi connectivity index (χ1v) is 8.61. The van der Waals surface area contributed by atoms with Gasteiger partial charge in [0.2, 0.25) is 0 Å². The van der Waals surface area contributed by atoms with Crippen LogP contribution in [0.25, 0.3) is 17.3 Å². The second-order valence-corrected chi connectivity index (χ2v) is 7.35. The first-order valence-electron chi connectivity index (χ1n) is 8.61. The lowest BCUT2D eigenvalue weighted by atomic mass is 10.1. The number of ketones is 1. The van der Waals surface area contributed by atoms with Crippen molar-refractivity contribution in [1.29, 1.82) is 0 Å². The van der Waals surface area contributed by atoms with E-state index in [4.69, 9.17) is 9.26 Å². The number of nitrogens with zero attached hydrogens (tertiary/aromatic N) is 1. The van der Waals surface area contributed by atoms with E-state index in [2.05, 4.69) is 5.16 Å². The molecule has 1 aromatic heterocycles. The molecular formula is C21H25NO4. The summed E-state index contributed by atoms with van der Waals surface area (Å²) in [6.45, 7) is 8.92. The number of esters is 1. The van der Waals surface area contributed by atoms with Crippen LogP contribution in [-0.2, 0) is 14.3 Å². The van der Waals surface area contributed by atoms with Gasteiger partial charge in [-0.1, -0.05) is 35.0 Å². The fourth-order valence-corrected chi connectivity index (χ4v) is 2.28. The summed E-state index contributed by atoms with van der Waals surface area (Å²) in [7, 11) is 0. The van der Waals surface area contributed by atoms with E-state index in [9.17, 15) is 9.59 Å². The van der Waals surface area contributed by atoms with Crippen molar-refractivity contribution in [3.63, 3.8) is 0 Å². The molecular weight excluding hydrogens is 330 g/mol. The summed E-state index contributed by atoms with van der Waals surface area (Å²) in [4.78, 5) is 23.7. The summed E-state index contributed by atoms with van der Waals surface area (Å²) < 4.78 is 10.8. The molecule has 0 fully saturated rings. The van der Waals surface area contributed by atoms with Crippen molar-refractivity contribution >= 4 is 17.8 Å². The lowest BCUT2D eigenvalue weighted by Crippen LogP contribution is -2.25. The highest BCUT2D eigenvalue weighted by Crippen LogP contribution is 2.23. The van der Waals surface area contributed by atoms with Crippen LogP contribution in [-0.4, -0.2) is 22.5 Å². The number of hydrogen-bond donors (Lipinski definition) is 0. The van der Waals surface area contributed by atoms with Crippen LogP contribution in [0, 0.1) is 6.92 Å². The number of carbonyl (C=O) groups is 2. The minimum Gasteiger partial charge on any atom is -0.457 e. The molecule has 0 bridgehead atoms. The van der Waals surface area contributed by atoms with Gasteiger partial charge in [0.05, 0.1) is 0 Å². The van der Waals surface area contributed by atoms with Gasteiger partial charge in [0.25, 0.3) is 0 Å². The molecule has 0 unspecified atom stereocenters. The Kier molecular flexibility index (Phi) is 6.14. The minimum atomic E-state index is -0.610. The summed E-state index contributed by atoms with van der Waals surface area (Å²) in [6.07, 6.45) is 2.16. The number of aryl methyl sites for hydroxylation is 1. The molecule has 138 valence electrons. The van der Waals surface area contributed by atoms with E-state index in [1.54, 1.807) is 32.9 Å². The largest absolute Gasteiger partial charge is 0.457 e. The van der Waals surface area contributed by atoms with E-state index >= 15 is 0 Å². The van der Waals surface area contributed by atoms with Crippen molar-refractivity contribution in [2.75, 3.05) is 0 Å². The zero-order valence-corrected chi connectivity index (χ0v) is 16.0. The SMILES string of the molecule is CC(=O)CC/C(=C\c1cc(-c2ccc(C)cc2)no1)C(=O)OC(C)(C)C. The number of benzene rings is 1. The van der Waals surface area contributed by atoms with Crippen molar-refractivity contribution in [3.05, 3.63) is 47.2 Å². The normalized spacial score (nSPS) is 12.1. The smallest absolute Gasteiger partial charge is 0.334 e. The first kappa shape index (κ1) is 19.6. The van der Waals surface area contributed by atoms with Crippen molar-refractivity contribution in [1.82, 2.24) is 5.16 Å². The van der Waals surface area contributed by atoms with Gasteiger partial charge < -0.3 is 14.1 Å². The molecule has 0 N–H and O–H groups in total. The van der Waals surface area contributed by atoms with Crippen molar-refractivity contribution < 1.29 is 18.8 Å². The molecule has 0 aliphatic rings. The highest BCUT2D eigenvalue weighted by Gasteiger charge is 2.21. The van der Waals surface area contributed by atoms with Crippen LogP contribution >= 0.6 is 0 Å². The average Bonchev–Trinajstić information content (AvgIpc) is 2.98. The Hall–Kier alpha value is -2.69. The fraction of sp³-hybridized carbons (Fsp3) is 0.381. The van der Waals surface area contributed by atoms with Crippen LogP contribution in [0.2, 0.25) is 0 Å². The topological polar surface area (TPSA) is 69.4 Å². The Morgan fingerprint density at radius 2 is 1.81 bits per heavy atom. The molecule has 2 rings (SSSR count). The lowest BCUT2D eigenvalue weighted by Gasteiger charge is -2.20. The molecule has 0 radical (unpaired) electrons. The van der Waals surface area contributed by atoms with E-state index in [-0.39, 0.29) is 12.2 Å². The van der Waals surface area contributed by atoms with Gasteiger partial charge in [0.1, 0.15) is 17.1 Å². The molecule has 1 heterocycles. The number of Topliss-reactive ketones (excluding diaryl/α,β-unsaturated/α-hetero) is 1. The Morgan fingerprint density at radius 1 is 1.15 bits per heavy atom.